The van der Waals surface area contributed by atoms with Crippen molar-refractivity contribution in [2.24, 2.45) is 0 Å². The highest BCUT2D eigenvalue weighted by Gasteiger charge is 2.06. The van der Waals surface area contributed by atoms with E-state index in [2.05, 4.69) is 20.7 Å². The van der Waals surface area contributed by atoms with Gasteiger partial charge in [0, 0.05) is 9.86 Å². The van der Waals surface area contributed by atoms with Gasteiger partial charge < -0.3 is 9.15 Å². The molecule has 0 spiro atoms. The molecule has 0 amide bonds. The van der Waals surface area contributed by atoms with E-state index in [4.69, 9.17) is 4.42 Å². The van der Waals surface area contributed by atoms with Crippen LogP contribution in [0.1, 0.15) is 5.76 Å². The summed E-state index contributed by atoms with van der Waals surface area (Å²) in [5, 5.41) is 0.969. The van der Waals surface area contributed by atoms with Crippen LogP contribution in [-0.2, 0) is 16.1 Å². The molecule has 1 radical (unpaired) electrons. The molecule has 3 nitrogen and oxygen atoms in total. The lowest BCUT2D eigenvalue weighted by atomic mass is 10.2. The van der Waals surface area contributed by atoms with Crippen LogP contribution in [0.4, 0.5) is 0 Å². The number of fused-ring (bicyclic) bond motifs is 1. The van der Waals surface area contributed by atoms with Gasteiger partial charge in [-0.15, -0.1) is 0 Å². The second-order valence-corrected chi connectivity index (χ2v) is 3.59. The molecule has 2 aromatic rings. The Hall–Kier alpha value is -1.29. The number of rotatable bonds is 3. The third-order valence-corrected chi connectivity index (χ3v) is 2.52. The second-order valence-electron chi connectivity index (χ2n) is 2.74. The average molecular weight is 254 g/mol. The molecule has 1 aromatic heterocycles. The van der Waals surface area contributed by atoms with Gasteiger partial charge in [-0.25, -0.2) is 4.79 Å². The lowest BCUT2D eigenvalue weighted by Gasteiger charge is -1.90. The molecule has 0 unspecified atom stereocenters. The molecule has 0 saturated heterocycles. The Morgan fingerprint density at radius 1 is 1.50 bits per heavy atom. The summed E-state index contributed by atoms with van der Waals surface area (Å²) in [6, 6.07) is 7.49. The van der Waals surface area contributed by atoms with Gasteiger partial charge in [-0.2, -0.15) is 0 Å². The van der Waals surface area contributed by atoms with Crippen molar-refractivity contribution in [2.75, 3.05) is 0 Å². The van der Waals surface area contributed by atoms with Crippen molar-refractivity contribution < 1.29 is 13.9 Å². The summed E-state index contributed by atoms with van der Waals surface area (Å²) < 4.78 is 10.8. The molecule has 0 atom stereocenters. The molecule has 0 aliphatic heterocycles. The first kappa shape index (κ1) is 9.27. The fourth-order valence-electron chi connectivity index (χ4n) is 1.25. The third kappa shape index (κ3) is 1.65. The zero-order valence-corrected chi connectivity index (χ0v) is 8.71. The first-order valence-corrected chi connectivity index (χ1v) is 4.76. The van der Waals surface area contributed by atoms with E-state index in [1.54, 1.807) is 0 Å². The number of hydrogen-bond donors (Lipinski definition) is 0. The van der Waals surface area contributed by atoms with Crippen molar-refractivity contribution in [1.29, 1.82) is 0 Å². The summed E-state index contributed by atoms with van der Waals surface area (Å²) in [5.74, 6) is 0.607. The maximum Gasteiger partial charge on any atom is 0.417 e. The van der Waals surface area contributed by atoms with Crippen molar-refractivity contribution in [2.45, 2.75) is 6.61 Å². The van der Waals surface area contributed by atoms with Crippen molar-refractivity contribution in [3.63, 3.8) is 0 Å². The Labute approximate surface area is 88.8 Å². The molecule has 4 heteroatoms. The van der Waals surface area contributed by atoms with E-state index in [9.17, 15) is 4.79 Å². The fraction of sp³-hybridized carbons (Fsp3) is 0.100. The van der Waals surface area contributed by atoms with E-state index in [0.717, 1.165) is 15.4 Å². The summed E-state index contributed by atoms with van der Waals surface area (Å²) in [7, 11) is 0. The zero-order valence-electron chi connectivity index (χ0n) is 7.12. The summed E-state index contributed by atoms with van der Waals surface area (Å²) in [4.78, 5) is 9.86. The first-order chi connectivity index (χ1) is 6.81. The predicted molar refractivity (Wildman–Crippen MR) is 54.4 cm³/mol. The lowest BCUT2D eigenvalue weighted by Crippen LogP contribution is -1.85. The minimum atomic E-state index is 0.116. The van der Waals surface area contributed by atoms with E-state index in [0.29, 0.717) is 5.76 Å². The van der Waals surface area contributed by atoms with Crippen LogP contribution in [0.15, 0.2) is 33.2 Å². The minimum Gasteiger partial charge on any atom is -0.457 e. The van der Waals surface area contributed by atoms with Crippen LogP contribution in [0, 0.1) is 0 Å². The molecule has 14 heavy (non-hydrogen) atoms. The maximum atomic E-state index is 9.86. The highest BCUT2D eigenvalue weighted by atomic mass is 79.9. The number of carbonyl (C=O) groups excluding carboxylic acids is 1. The monoisotopic (exact) mass is 253 g/mol. The van der Waals surface area contributed by atoms with Gasteiger partial charge in [-0.3, -0.25) is 0 Å². The third-order valence-electron chi connectivity index (χ3n) is 1.83. The van der Waals surface area contributed by atoms with E-state index in [1.165, 1.54) is 6.47 Å². The maximum absolute atomic E-state index is 9.86. The van der Waals surface area contributed by atoms with Crippen LogP contribution in [0.2, 0.25) is 0 Å². The van der Waals surface area contributed by atoms with Gasteiger partial charge in [0.05, 0.1) is 0 Å². The minimum absolute atomic E-state index is 0.116. The molecular weight excluding hydrogens is 248 g/mol. The first-order valence-electron chi connectivity index (χ1n) is 3.97. The largest absolute Gasteiger partial charge is 0.457 e. The lowest BCUT2D eigenvalue weighted by molar-refractivity contribution is 0.242. The molecule has 0 fully saturated rings. The van der Waals surface area contributed by atoms with Crippen molar-refractivity contribution in [3.05, 3.63) is 34.5 Å². The highest BCUT2D eigenvalue weighted by molar-refractivity contribution is 9.10. The second kappa shape index (κ2) is 3.84. The van der Waals surface area contributed by atoms with Gasteiger partial charge >= 0.3 is 6.47 Å². The average Bonchev–Trinajstić information content (AvgIpc) is 2.59. The Kier molecular flexibility index (Phi) is 2.54. The summed E-state index contributed by atoms with van der Waals surface area (Å²) in [6.45, 7) is 1.47. The van der Waals surface area contributed by atoms with Crippen molar-refractivity contribution >= 4 is 33.4 Å². The molecule has 1 aromatic carbocycles. The number of furan rings is 1. The summed E-state index contributed by atoms with van der Waals surface area (Å²) >= 11 is 3.40. The molecule has 0 N–H and O–H groups in total. The van der Waals surface area contributed by atoms with Crippen molar-refractivity contribution in [3.8, 4) is 0 Å². The van der Waals surface area contributed by atoms with Crippen LogP contribution in [0.5, 0.6) is 0 Å². The molecule has 0 bridgehead atoms. The Morgan fingerprint density at radius 2 is 2.36 bits per heavy atom. The fourth-order valence-corrected chi connectivity index (χ4v) is 1.71. The van der Waals surface area contributed by atoms with E-state index >= 15 is 0 Å². The Balaban J connectivity index is 2.41. The van der Waals surface area contributed by atoms with Crippen LogP contribution in [0.3, 0.4) is 0 Å². The Morgan fingerprint density at radius 3 is 3.07 bits per heavy atom. The van der Waals surface area contributed by atoms with E-state index in [-0.39, 0.29) is 6.61 Å². The standard InChI is InChI=1S/C10H6BrO3/c11-9-2-1-3-10-8(9)4-7(14-10)5-13-6-12/h1-4H,5H2. The number of halogens is 1. The molecule has 0 aliphatic rings. The molecule has 0 saturated carbocycles. The molecule has 1 heterocycles. The van der Waals surface area contributed by atoms with Gasteiger partial charge in [0.1, 0.15) is 18.0 Å². The number of hydrogen-bond acceptors (Lipinski definition) is 3. The smallest absolute Gasteiger partial charge is 0.417 e. The molecule has 0 aliphatic carbocycles. The van der Waals surface area contributed by atoms with Crippen molar-refractivity contribution in [1.82, 2.24) is 0 Å². The highest BCUT2D eigenvalue weighted by Crippen LogP contribution is 2.27. The van der Waals surface area contributed by atoms with E-state index < -0.39 is 0 Å². The quantitative estimate of drug-likeness (QED) is 0.845. The van der Waals surface area contributed by atoms with E-state index in [1.807, 2.05) is 24.3 Å². The Bertz CT molecular complexity index is 461. The topological polar surface area (TPSA) is 39.4 Å². The van der Waals surface area contributed by atoms with Crippen LogP contribution >= 0.6 is 15.9 Å². The van der Waals surface area contributed by atoms with Gasteiger partial charge in [0.25, 0.3) is 0 Å². The summed E-state index contributed by atoms with van der Waals surface area (Å²) in [6.07, 6.45) is 0. The number of ether oxygens (including phenoxy) is 1. The normalized spacial score (nSPS) is 10.4. The van der Waals surface area contributed by atoms with Gasteiger partial charge in [-0.1, -0.05) is 22.0 Å². The van der Waals surface area contributed by atoms with Gasteiger partial charge in [0.15, 0.2) is 0 Å². The SMILES string of the molecule is O=[C]OCc1cc2c(Br)cccc2o1. The number of benzene rings is 1. The van der Waals surface area contributed by atoms with Crippen LogP contribution in [-0.4, -0.2) is 6.47 Å². The molecule has 2 rings (SSSR count). The van der Waals surface area contributed by atoms with Gasteiger partial charge in [0.2, 0.25) is 0 Å². The van der Waals surface area contributed by atoms with Gasteiger partial charge in [-0.05, 0) is 18.2 Å². The summed E-state index contributed by atoms with van der Waals surface area (Å²) in [5.41, 5.74) is 0.767. The van der Waals surface area contributed by atoms with Crippen LogP contribution < -0.4 is 0 Å². The zero-order chi connectivity index (χ0) is 9.97. The molecular formula is C10H6BrO3. The predicted octanol–water partition coefficient (Wildman–Crippen LogP) is 2.78. The van der Waals surface area contributed by atoms with Crippen LogP contribution in [0.25, 0.3) is 11.0 Å². The molecule has 71 valence electrons.